The van der Waals surface area contributed by atoms with Crippen molar-refractivity contribution in [1.82, 2.24) is 9.62 Å². The molecule has 3 aromatic carbocycles. The molecule has 0 radical (unpaired) electrons. The van der Waals surface area contributed by atoms with E-state index in [4.69, 9.17) is 14.2 Å². The lowest BCUT2D eigenvalue weighted by Crippen LogP contribution is -2.52. The van der Waals surface area contributed by atoms with Crippen LogP contribution in [0, 0.1) is 0 Å². The SMILES string of the molecule is COc1ccc(S(=O)(=O)N2Cc3ccccc3CC2C(=O)NCCc2ccc(OC)c(OC)c2)cc1. The minimum Gasteiger partial charge on any atom is -0.497 e. The molecule has 1 heterocycles. The molecule has 3 aromatic rings. The molecule has 1 amide bonds. The Labute approximate surface area is 211 Å². The first-order valence-electron chi connectivity index (χ1n) is 11.6. The first-order chi connectivity index (χ1) is 17.4. The van der Waals surface area contributed by atoms with Gasteiger partial charge in [0.15, 0.2) is 11.5 Å². The van der Waals surface area contributed by atoms with Gasteiger partial charge in [0.05, 0.1) is 26.2 Å². The van der Waals surface area contributed by atoms with Gasteiger partial charge in [-0.25, -0.2) is 8.42 Å². The summed E-state index contributed by atoms with van der Waals surface area (Å²) < 4.78 is 44.3. The van der Waals surface area contributed by atoms with Gasteiger partial charge in [0.2, 0.25) is 15.9 Å². The summed E-state index contributed by atoms with van der Waals surface area (Å²) in [5, 5.41) is 2.93. The zero-order chi connectivity index (χ0) is 25.7. The van der Waals surface area contributed by atoms with E-state index in [9.17, 15) is 13.2 Å². The van der Waals surface area contributed by atoms with Crippen LogP contribution in [0.15, 0.2) is 71.6 Å². The molecule has 4 rings (SSSR count). The Morgan fingerprint density at radius 1 is 0.917 bits per heavy atom. The number of fused-ring (bicyclic) bond motifs is 1. The summed E-state index contributed by atoms with van der Waals surface area (Å²) in [7, 11) is 0.737. The standard InChI is InChI=1S/C27H30N2O6S/c1-33-22-9-11-23(12-10-22)36(31,32)29-18-21-7-5-4-6-20(21)17-24(29)27(30)28-15-14-19-8-13-25(34-2)26(16-19)35-3/h4-13,16,24H,14-15,17-18H2,1-3H3,(H,28,30). The Kier molecular flexibility index (Phi) is 7.81. The van der Waals surface area contributed by atoms with Crippen molar-refractivity contribution in [2.24, 2.45) is 0 Å². The number of ether oxygens (including phenoxy) is 3. The number of benzene rings is 3. The van der Waals surface area contributed by atoms with Crippen LogP contribution in [0.1, 0.15) is 16.7 Å². The number of methoxy groups -OCH3 is 3. The summed E-state index contributed by atoms with van der Waals surface area (Å²) in [5.41, 5.74) is 2.83. The van der Waals surface area contributed by atoms with Gasteiger partial charge in [0, 0.05) is 13.1 Å². The van der Waals surface area contributed by atoms with Crippen LogP contribution in [-0.4, -0.2) is 52.5 Å². The number of nitrogens with zero attached hydrogens (tertiary/aromatic N) is 1. The number of hydrogen-bond donors (Lipinski definition) is 1. The van der Waals surface area contributed by atoms with Gasteiger partial charge in [0.1, 0.15) is 11.8 Å². The second kappa shape index (κ2) is 11.0. The van der Waals surface area contributed by atoms with Crippen molar-refractivity contribution in [1.29, 1.82) is 0 Å². The Morgan fingerprint density at radius 3 is 2.28 bits per heavy atom. The molecule has 0 saturated carbocycles. The van der Waals surface area contributed by atoms with Crippen molar-refractivity contribution in [3.8, 4) is 17.2 Å². The molecule has 1 N–H and O–H groups in total. The second-order valence-corrected chi connectivity index (χ2v) is 10.3. The summed E-state index contributed by atoms with van der Waals surface area (Å²) in [6.07, 6.45) is 0.856. The largest absolute Gasteiger partial charge is 0.497 e. The van der Waals surface area contributed by atoms with Gasteiger partial charge in [0.25, 0.3) is 0 Å². The Morgan fingerprint density at radius 2 is 1.61 bits per heavy atom. The third-order valence-corrected chi connectivity index (χ3v) is 8.20. The maximum atomic E-state index is 13.6. The van der Waals surface area contributed by atoms with Crippen LogP contribution in [0.2, 0.25) is 0 Å². The molecule has 1 aliphatic rings. The molecule has 0 spiro atoms. The van der Waals surface area contributed by atoms with Crippen LogP contribution in [0.5, 0.6) is 17.2 Å². The smallest absolute Gasteiger partial charge is 0.244 e. The number of nitrogens with one attached hydrogen (secondary N) is 1. The minimum atomic E-state index is -3.93. The molecule has 190 valence electrons. The van der Waals surface area contributed by atoms with Crippen LogP contribution < -0.4 is 19.5 Å². The highest BCUT2D eigenvalue weighted by Crippen LogP contribution is 2.30. The topological polar surface area (TPSA) is 94.2 Å². The van der Waals surface area contributed by atoms with E-state index in [0.29, 0.717) is 36.6 Å². The molecule has 0 fully saturated rings. The molecule has 36 heavy (non-hydrogen) atoms. The Hall–Kier alpha value is -3.56. The first-order valence-corrected chi connectivity index (χ1v) is 13.0. The Bertz CT molecular complexity index is 1320. The van der Waals surface area contributed by atoms with Crippen molar-refractivity contribution in [2.75, 3.05) is 27.9 Å². The number of carbonyl (C=O) groups excluding carboxylic acids is 1. The Balaban J connectivity index is 1.53. The number of hydrogen-bond acceptors (Lipinski definition) is 6. The third-order valence-electron chi connectivity index (χ3n) is 6.33. The maximum absolute atomic E-state index is 13.6. The average Bonchev–Trinajstić information content (AvgIpc) is 2.92. The highest BCUT2D eigenvalue weighted by atomic mass is 32.2. The number of sulfonamides is 1. The molecule has 8 nitrogen and oxygen atoms in total. The summed E-state index contributed by atoms with van der Waals surface area (Å²) in [4.78, 5) is 13.4. The number of carbonyl (C=O) groups is 1. The van der Waals surface area contributed by atoms with E-state index < -0.39 is 16.1 Å². The fourth-order valence-electron chi connectivity index (χ4n) is 4.34. The molecule has 9 heteroatoms. The fourth-order valence-corrected chi connectivity index (χ4v) is 5.91. The highest BCUT2D eigenvalue weighted by Gasteiger charge is 2.39. The lowest BCUT2D eigenvalue weighted by Gasteiger charge is -2.35. The lowest BCUT2D eigenvalue weighted by atomic mass is 9.95. The van der Waals surface area contributed by atoms with Gasteiger partial charge < -0.3 is 19.5 Å². The fraction of sp³-hybridized carbons (Fsp3) is 0.296. The van der Waals surface area contributed by atoms with Gasteiger partial charge in [-0.3, -0.25) is 4.79 Å². The summed E-state index contributed by atoms with van der Waals surface area (Å²) in [5.74, 6) is 1.47. The number of rotatable bonds is 9. The quantitative estimate of drug-likeness (QED) is 0.475. The van der Waals surface area contributed by atoms with Crippen molar-refractivity contribution < 1.29 is 27.4 Å². The van der Waals surface area contributed by atoms with Crippen molar-refractivity contribution in [3.63, 3.8) is 0 Å². The van der Waals surface area contributed by atoms with E-state index in [1.165, 1.54) is 23.5 Å². The zero-order valence-corrected chi connectivity index (χ0v) is 21.4. The minimum absolute atomic E-state index is 0.116. The molecule has 1 atom stereocenters. The first kappa shape index (κ1) is 25.5. The number of amides is 1. The summed E-state index contributed by atoms with van der Waals surface area (Å²) in [6.45, 7) is 0.473. The van der Waals surface area contributed by atoms with Crippen LogP contribution in [0.3, 0.4) is 0 Å². The zero-order valence-electron chi connectivity index (χ0n) is 20.6. The van der Waals surface area contributed by atoms with Crippen molar-refractivity contribution in [3.05, 3.63) is 83.4 Å². The van der Waals surface area contributed by atoms with Crippen molar-refractivity contribution >= 4 is 15.9 Å². The lowest BCUT2D eigenvalue weighted by molar-refractivity contribution is -0.125. The maximum Gasteiger partial charge on any atom is 0.244 e. The van der Waals surface area contributed by atoms with E-state index >= 15 is 0 Å². The molecular formula is C27H30N2O6S. The highest BCUT2D eigenvalue weighted by molar-refractivity contribution is 7.89. The van der Waals surface area contributed by atoms with Gasteiger partial charge in [-0.15, -0.1) is 0 Å². The normalized spacial score (nSPS) is 15.6. The van der Waals surface area contributed by atoms with E-state index in [2.05, 4.69) is 5.32 Å². The predicted molar refractivity (Wildman–Crippen MR) is 136 cm³/mol. The third kappa shape index (κ3) is 5.32. The second-order valence-electron chi connectivity index (χ2n) is 8.44. The van der Waals surface area contributed by atoms with E-state index in [1.807, 2.05) is 42.5 Å². The molecule has 0 saturated heterocycles. The monoisotopic (exact) mass is 510 g/mol. The molecule has 0 bridgehead atoms. The van der Waals surface area contributed by atoms with Crippen molar-refractivity contribution in [2.45, 2.75) is 30.3 Å². The predicted octanol–water partition coefficient (Wildman–Crippen LogP) is 3.19. The van der Waals surface area contributed by atoms with Crippen LogP contribution >= 0.6 is 0 Å². The molecule has 1 aliphatic heterocycles. The molecule has 1 unspecified atom stereocenters. The van der Waals surface area contributed by atoms with Gasteiger partial charge in [-0.05, 0) is 65.9 Å². The van der Waals surface area contributed by atoms with Crippen LogP contribution in [0.4, 0.5) is 0 Å². The molecular weight excluding hydrogens is 480 g/mol. The van der Waals surface area contributed by atoms with Gasteiger partial charge >= 0.3 is 0 Å². The van der Waals surface area contributed by atoms with Crippen LogP contribution in [-0.2, 0) is 34.2 Å². The molecule has 0 aromatic heterocycles. The van der Waals surface area contributed by atoms with Crippen LogP contribution in [0.25, 0.3) is 0 Å². The average molecular weight is 511 g/mol. The summed E-state index contributed by atoms with van der Waals surface area (Å²) >= 11 is 0. The molecule has 0 aliphatic carbocycles. The van der Waals surface area contributed by atoms with E-state index in [-0.39, 0.29) is 17.3 Å². The van der Waals surface area contributed by atoms with Gasteiger partial charge in [-0.2, -0.15) is 4.31 Å². The van der Waals surface area contributed by atoms with Gasteiger partial charge in [-0.1, -0.05) is 30.3 Å². The summed E-state index contributed by atoms with van der Waals surface area (Å²) in [6, 6.07) is 18.5. The van der Waals surface area contributed by atoms with E-state index in [1.54, 1.807) is 26.4 Å². The van der Waals surface area contributed by atoms with E-state index in [0.717, 1.165) is 16.7 Å².